The fourth-order valence-electron chi connectivity index (χ4n) is 2.31. The number of aromatic hydroxyl groups is 1. The second kappa shape index (κ2) is 4.59. The Bertz CT molecular complexity index is 751. The van der Waals surface area contributed by atoms with Crippen LogP contribution in [0.25, 0.3) is 11.5 Å². The molecule has 0 radical (unpaired) electrons. The molecule has 3 rings (SSSR count). The summed E-state index contributed by atoms with van der Waals surface area (Å²) in [4.78, 5) is 4.27. The highest BCUT2D eigenvalue weighted by atomic mass is 32.2. The van der Waals surface area contributed by atoms with Crippen molar-refractivity contribution in [1.29, 1.82) is 0 Å². The topological polar surface area (TPSA) is 93.3 Å². The largest absolute Gasteiger partial charge is 0.508 e. The maximum absolute atomic E-state index is 11.5. The van der Waals surface area contributed by atoms with Crippen molar-refractivity contribution in [2.75, 3.05) is 11.5 Å². The number of nitrogens with zero attached hydrogens (tertiary/aromatic N) is 2. The van der Waals surface area contributed by atoms with Gasteiger partial charge < -0.3 is 9.63 Å². The number of hydrogen-bond acceptors (Lipinski definition) is 6. The molecule has 1 N–H and O–H groups in total. The van der Waals surface area contributed by atoms with Crippen molar-refractivity contribution in [3.05, 3.63) is 29.6 Å². The molecule has 1 unspecified atom stereocenters. The molecule has 6 nitrogen and oxygen atoms in total. The Morgan fingerprint density at radius 3 is 2.85 bits per heavy atom. The summed E-state index contributed by atoms with van der Waals surface area (Å²) in [6, 6.07) is 5.00. The van der Waals surface area contributed by atoms with Crippen LogP contribution in [0.3, 0.4) is 0 Å². The molecule has 2 heterocycles. The maximum atomic E-state index is 11.5. The van der Waals surface area contributed by atoms with Gasteiger partial charge in [0.25, 0.3) is 5.89 Å². The third kappa shape index (κ3) is 2.40. The number of hydrogen-bond donors (Lipinski definition) is 1. The summed E-state index contributed by atoms with van der Waals surface area (Å²) in [5, 5.41) is 13.4. The van der Waals surface area contributed by atoms with Gasteiger partial charge in [-0.1, -0.05) is 5.16 Å². The fraction of sp³-hybridized carbons (Fsp3) is 0.385. The van der Waals surface area contributed by atoms with Crippen LogP contribution in [0.5, 0.6) is 5.75 Å². The minimum atomic E-state index is -2.97. The highest BCUT2D eigenvalue weighted by Gasteiger charge is 2.32. The smallest absolute Gasteiger partial charge is 0.257 e. The van der Waals surface area contributed by atoms with Gasteiger partial charge >= 0.3 is 0 Å². The third-order valence-electron chi connectivity index (χ3n) is 3.48. The standard InChI is InChI=1S/C13H14N2O4S/c1-8-6-9(2-3-11(8)16)13-14-12(15-19-13)10-4-5-20(17,18)7-10/h2-3,6,10,16H,4-5,7H2,1H3. The normalized spacial score (nSPS) is 21.1. The Balaban J connectivity index is 1.89. The molecule has 0 spiro atoms. The van der Waals surface area contributed by atoms with E-state index in [0.717, 1.165) is 0 Å². The van der Waals surface area contributed by atoms with E-state index >= 15 is 0 Å². The van der Waals surface area contributed by atoms with Gasteiger partial charge in [0.2, 0.25) is 0 Å². The molecule has 0 amide bonds. The van der Waals surface area contributed by atoms with E-state index in [-0.39, 0.29) is 23.2 Å². The first-order valence-corrected chi connectivity index (χ1v) is 8.11. The number of sulfone groups is 1. The first-order chi connectivity index (χ1) is 9.44. The quantitative estimate of drug-likeness (QED) is 0.905. The Morgan fingerprint density at radius 1 is 1.40 bits per heavy atom. The molecule has 1 aromatic heterocycles. The molecule has 7 heteroatoms. The summed E-state index contributed by atoms with van der Waals surface area (Å²) in [5.41, 5.74) is 1.42. The van der Waals surface area contributed by atoms with Crippen LogP contribution in [-0.2, 0) is 9.84 Å². The summed E-state index contributed by atoms with van der Waals surface area (Å²) in [6.45, 7) is 1.78. The van der Waals surface area contributed by atoms with Crippen molar-refractivity contribution in [3.8, 4) is 17.2 Å². The van der Waals surface area contributed by atoms with Crippen molar-refractivity contribution in [1.82, 2.24) is 10.1 Å². The summed E-state index contributed by atoms with van der Waals surface area (Å²) < 4.78 is 28.1. The van der Waals surface area contributed by atoms with Crippen LogP contribution < -0.4 is 0 Å². The van der Waals surface area contributed by atoms with E-state index in [1.54, 1.807) is 25.1 Å². The molecule has 1 fully saturated rings. The van der Waals surface area contributed by atoms with Crippen molar-refractivity contribution in [2.24, 2.45) is 0 Å². The van der Waals surface area contributed by atoms with Crippen LogP contribution >= 0.6 is 0 Å². The molecule has 1 aliphatic rings. The average Bonchev–Trinajstić information content (AvgIpc) is 2.99. The van der Waals surface area contributed by atoms with Gasteiger partial charge in [-0.2, -0.15) is 4.98 Å². The first-order valence-electron chi connectivity index (χ1n) is 6.29. The molecule has 1 atom stereocenters. The van der Waals surface area contributed by atoms with Gasteiger partial charge in [0.15, 0.2) is 15.7 Å². The van der Waals surface area contributed by atoms with Gasteiger partial charge in [-0.25, -0.2) is 8.42 Å². The maximum Gasteiger partial charge on any atom is 0.257 e. The van der Waals surface area contributed by atoms with Crippen LogP contribution in [-0.4, -0.2) is 35.2 Å². The highest BCUT2D eigenvalue weighted by Crippen LogP contribution is 2.29. The van der Waals surface area contributed by atoms with Gasteiger partial charge in [0.05, 0.1) is 11.5 Å². The van der Waals surface area contributed by atoms with E-state index in [2.05, 4.69) is 10.1 Å². The van der Waals surface area contributed by atoms with E-state index in [1.165, 1.54) is 0 Å². The number of rotatable bonds is 2. The Kier molecular flexibility index (Phi) is 3.01. The lowest BCUT2D eigenvalue weighted by Crippen LogP contribution is -2.05. The van der Waals surface area contributed by atoms with Crippen LogP contribution in [0.4, 0.5) is 0 Å². The minimum absolute atomic E-state index is 0.0839. The van der Waals surface area contributed by atoms with Crippen molar-refractivity contribution in [2.45, 2.75) is 19.3 Å². The molecule has 106 valence electrons. The molecule has 2 aromatic rings. The van der Waals surface area contributed by atoms with E-state index in [1.807, 2.05) is 0 Å². The number of benzene rings is 1. The van der Waals surface area contributed by atoms with E-state index in [0.29, 0.717) is 29.3 Å². The number of aromatic nitrogens is 2. The number of aryl methyl sites for hydroxylation is 1. The van der Waals surface area contributed by atoms with E-state index in [9.17, 15) is 13.5 Å². The molecule has 1 aromatic carbocycles. The second-order valence-corrected chi connectivity index (χ2v) is 7.29. The van der Waals surface area contributed by atoms with Crippen LogP contribution in [0.15, 0.2) is 22.7 Å². The van der Waals surface area contributed by atoms with Gasteiger partial charge in [0, 0.05) is 11.5 Å². The SMILES string of the molecule is Cc1cc(-c2nc(C3CCS(=O)(=O)C3)no2)ccc1O. The molecule has 0 saturated carbocycles. The first kappa shape index (κ1) is 13.1. The van der Waals surface area contributed by atoms with Crippen molar-refractivity contribution < 1.29 is 18.0 Å². The average molecular weight is 294 g/mol. The molecular weight excluding hydrogens is 280 g/mol. The molecule has 1 aliphatic heterocycles. The zero-order valence-electron chi connectivity index (χ0n) is 10.9. The highest BCUT2D eigenvalue weighted by molar-refractivity contribution is 7.91. The Morgan fingerprint density at radius 2 is 2.20 bits per heavy atom. The molecule has 0 aliphatic carbocycles. The summed E-state index contributed by atoms with van der Waals surface area (Å²) in [5.74, 6) is 1.06. The van der Waals surface area contributed by atoms with Crippen molar-refractivity contribution in [3.63, 3.8) is 0 Å². The second-order valence-electron chi connectivity index (χ2n) is 5.06. The number of phenols is 1. The van der Waals surface area contributed by atoms with Gasteiger partial charge in [0.1, 0.15) is 5.75 Å². The lowest BCUT2D eigenvalue weighted by Gasteiger charge is -2.00. The van der Waals surface area contributed by atoms with Gasteiger partial charge in [-0.15, -0.1) is 0 Å². The van der Waals surface area contributed by atoms with Gasteiger partial charge in [-0.3, -0.25) is 0 Å². The summed E-state index contributed by atoms with van der Waals surface area (Å²) in [7, 11) is -2.97. The predicted octanol–water partition coefficient (Wildman–Crippen LogP) is 1.65. The van der Waals surface area contributed by atoms with Crippen molar-refractivity contribution >= 4 is 9.84 Å². The van der Waals surface area contributed by atoms with Crippen LogP contribution in [0.1, 0.15) is 23.7 Å². The van der Waals surface area contributed by atoms with Crippen LogP contribution in [0.2, 0.25) is 0 Å². The third-order valence-corrected chi connectivity index (χ3v) is 5.25. The Labute approximate surface area is 116 Å². The minimum Gasteiger partial charge on any atom is -0.508 e. The van der Waals surface area contributed by atoms with E-state index in [4.69, 9.17) is 4.52 Å². The Hall–Kier alpha value is -1.89. The molecule has 1 saturated heterocycles. The van der Waals surface area contributed by atoms with Gasteiger partial charge in [-0.05, 0) is 37.1 Å². The molecule has 0 bridgehead atoms. The molecule has 20 heavy (non-hydrogen) atoms. The lowest BCUT2D eigenvalue weighted by atomic mass is 10.1. The predicted molar refractivity (Wildman–Crippen MR) is 72.1 cm³/mol. The van der Waals surface area contributed by atoms with Crippen LogP contribution in [0, 0.1) is 6.92 Å². The molecular formula is C13H14N2O4S. The zero-order chi connectivity index (χ0) is 14.3. The summed E-state index contributed by atoms with van der Waals surface area (Å²) >= 11 is 0. The monoisotopic (exact) mass is 294 g/mol. The summed E-state index contributed by atoms with van der Waals surface area (Å²) in [6.07, 6.45) is 0.538. The van der Waals surface area contributed by atoms with E-state index < -0.39 is 9.84 Å². The number of phenolic OH excluding ortho intramolecular Hbond substituents is 1. The zero-order valence-corrected chi connectivity index (χ0v) is 11.7. The fourth-order valence-corrected chi connectivity index (χ4v) is 4.04. The lowest BCUT2D eigenvalue weighted by molar-refractivity contribution is 0.417.